The van der Waals surface area contributed by atoms with E-state index in [0.29, 0.717) is 29.4 Å². The van der Waals surface area contributed by atoms with Crippen LogP contribution in [0.25, 0.3) is 0 Å². The highest BCUT2D eigenvalue weighted by atomic mass is 16.5. The number of carbonyl (C=O) groups is 1. The predicted octanol–water partition coefficient (Wildman–Crippen LogP) is 3.74. The summed E-state index contributed by atoms with van der Waals surface area (Å²) in [7, 11) is 0. The number of nitrogens with one attached hydrogen (secondary N) is 2. The largest absolute Gasteiger partial charge is 0.492 e. The number of hydrogen-bond acceptors (Lipinski definition) is 6. The van der Waals surface area contributed by atoms with Crippen LogP contribution in [0.2, 0.25) is 0 Å². The molecular weight excluding hydrogens is 342 g/mol. The zero-order valence-electron chi connectivity index (χ0n) is 14.6. The van der Waals surface area contributed by atoms with Crippen molar-refractivity contribution in [2.45, 2.75) is 6.92 Å². The number of anilines is 3. The Hall–Kier alpha value is -3.92. The molecule has 3 aromatic rings. The highest BCUT2D eigenvalue weighted by Crippen LogP contribution is 2.26. The van der Waals surface area contributed by atoms with Gasteiger partial charge in [-0.25, -0.2) is 9.97 Å². The standard InChI is InChI=1S/C20H17N5O2/c1-2-27-18-10-6-5-9-16(18)24-19-11-17(22-13-23-19)20(26)25-15-8-4-3-7-14(15)12-21/h3-11,13H,2H2,1H3,(H,25,26)(H,22,23,24). The van der Waals surface area contributed by atoms with E-state index in [4.69, 9.17) is 10.00 Å². The number of rotatable bonds is 6. The summed E-state index contributed by atoms with van der Waals surface area (Å²) >= 11 is 0. The van der Waals surface area contributed by atoms with E-state index in [0.717, 1.165) is 5.69 Å². The van der Waals surface area contributed by atoms with Crippen molar-refractivity contribution in [1.82, 2.24) is 9.97 Å². The van der Waals surface area contributed by atoms with Crippen LogP contribution in [0.1, 0.15) is 23.0 Å². The predicted molar refractivity (Wildman–Crippen MR) is 102 cm³/mol. The summed E-state index contributed by atoms with van der Waals surface area (Å²) in [6.07, 6.45) is 1.30. The number of amides is 1. The average Bonchev–Trinajstić information content (AvgIpc) is 2.70. The van der Waals surface area contributed by atoms with Crippen molar-refractivity contribution in [3.8, 4) is 11.8 Å². The van der Waals surface area contributed by atoms with Crippen LogP contribution >= 0.6 is 0 Å². The van der Waals surface area contributed by atoms with Crippen LogP contribution in [-0.2, 0) is 0 Å². The molecule has 0 aliphatic heterocycles. The monoisotopic (exact) mass is 359 g/mol. The molecule has 0 unspecified atom stereocenters. The van der Waals surface area contributed by atoms with Gasteiger partial charge in [-0.1, -0.05) is 24.3 Å². The summed E-state index contributed by atoms with van der Waals surface area (Å²) in [5.74, 6) is 0.713. The second-order valence-corrected chi connectivity index (χ2v) is 5.45. The number of nitrogens with zero attached hydrogens (tertiary/aromatic N) is 3. The van der Waals surface area contributed by atoms with Gasteiger partial charge in [0.25, 0.3) is 5.91 Å². The fourth-order valence-electron chi connectivity index (χ4n) is 2.42. The first-order chi connectivity index (χ1) is 13.2. The molecule has 7 heteroatoms. The Balaban J connectivity index is 1.80. The normalized spacial score (nSPS) is 9.93. The van der Waals surface area contributed by atoms with Gasteiger partial charge in [0.2, 0.25) is 0 Å². The molecule has 134 valence electrons. The van der Waals surface area contributed by atoms with Gasteiger partial charge < -0.3 is 15.4 Å². The molecule has 0 atom stereocenters. The third-order valence-corrected chi connectivity index (χ3v) is 3.65. The number of aromatic nitrogens is 2. The number of hydrogen-bond donors (Lipinski definition) is 2. The molecule has 0 spiro atoms. The van der Waals surface area contributed by atoms with Crippen molar-refractivity contribution in [3.63, 3.8) is 0 Å². The molecule has 7 nitrogen and oxygen atoms in total. The summed E-state index contributed by atoms with van der Waals surface area (Å²) < 4.78 is 5.58. The van der Waals surface area contributed by atoms with Crippen LogP contribution in [-0.4, -0.2) is 22.5 Å². The Bertz CT molecular complexity index is 997. The van der Waals surface area contributed by atoms with E-state index in [-0.39, 0.29) is 5.69 Å². The zero-order chi connectivity index (χ0) is 19.1. The molecule has 0 radical (unpaired) electrons. The van der Waals surface area contributed by atoms with Crippen LogP contribution < -0.4 is 15.4 Å². The molecule has 1 amide bonds. The Morgan fingerprint density at radius 3 is 2.63 bits per heavy atom. The second kappa shape index (κ2) is 8.45. The van der Waals surface area contributed by atoms with Gasteiger partial charge in [0.1, 0.15) is 29.7 Å². The fourth-order valence-corrected chi connectivity index (χ4v) is 2.42. The van der Waals surface area contributed by atoms with E-state index >= 15 is 0 Å². The maximum Gasteiger partial charge on any atom is 0.274 e. The van der Waals surface area contributed by atoms with Gasteiger partial charge in [0.15, 0.2) is 0 Å². The van der Waals surface area contributed by atoms with E-state index in [2.05, 4.69) is 20.6 Å². The van der Waals surface area contributed by atoms with E-state index in [9.17, 15) is 4.79 Å². The second-order valence-electron chi connectivity index (χ2n) is 5.45. The minimum Gasteiger partial charge on any atom is -0.492 e. The first-order valence-electron chi connectivity index (χ1n) is 8.32. The summed E-state index contributed by atoms with van der Waals surface area (Å²) in [5.41, 5.74) is 1.72. The van der Waals surface area contributed by atoms with Crippen molar-refractivity contribution < 1.29 is 9.53 Å². The molecule has 0 aliphatic rings. The molecule has 3 rings (SSSR count). The molecule has 0 fully saturated rings. The van der Waals surface area contributed by atoms with Crippen molar-refractivity contribution >= 4 is 23.1 Å². The maximum absolute atomic E-state index is 12.5. The smallest absolute Gasteiger partial charge is 0.274 e. The van der Waals surface area contributed by atoms with Gasteiger partial charge in [-0.2, -0.15) is 5.26 Å². The molecule has 27 heavy (non-hydrogen) atoms. The van der Waals surface area contributed by atoms with E-state index < -0.39 is 5.91 Å². The van der Waals surface area contributed by atoms with Gasteiger partial charge >= 0.3 is 0 Å². The Morgan fingerprint density at radius 1 is 1.11 bits per heavy atom. The lowest BCUT2D eigenvalue weighted by molar-refractivity contribution is 0.102. The number of nitriles is 1. The van der Waals surface area contributed by atoms with Gasteiger partial charge in [-0.3, -0.25) is 4.79 Å². The Labute approximate surface area is 156 Å². The number of benzene rings is 2. The zero-order valence-corrected chi connectivity index (χ0v) is 14.6. The highest BCUT2D eigenvalue weighted by molar-refractivity contribution is 6.04. The van der Waals surface area contributed by atoms with Crippen LogP contribution in [0.5, 0.6) is 5.75 Å². The summed E-state index contributed by atoms with van der Waals surface area (Å²) in [6.45, 7) is 2.44. The summed E-state index contributed by atoms with van der Waals surface area (Å²) in [6, 6.07) is 17.8. The molecule has 0 saturated carbocycles. The van der Waals surface area contributed by atoms with Crippen molar-refractivity contribution in [2.75, 3.05) is 17.2 Å². The van der Waals surface area contributed by atoms with Gasteiger partial charge in [-0.05, 0) is 31.2 Å². The van der Waals surface area contributed by atoms with E-state index in [1.54, 1.807) is 24.3 Å². The third-order valence-electron chi connectivity index (χ3n) is 3.65. The van der Waals surface area contributed by atoms with Crippen molar-refractivity contribution in [3.05, 3.63) is 72.2 Å². The number of carbonyl (C=O) groups excluding carboxylic acids is 1. The summed E-state index contributed by atoms with van der Waals surface area (Å²) in [4.78, 5) is 20.7. The van der Waals surface area contributed by atoms with Crippen LogP contribution in [0.15, 0.2) is 60.9 Å². The molecule has 0 aliphatic carbocycles. The Morgan fingerprint density at radius 2 is 1.85 bits per heavy atom. The Kier molecular flexibility index (Phi) is 5.60. The average molecular weight is 359 g/mol. The molecule has 2 aromatic carbocycles. The van der Waals surface area contributed by atoms with Crippen LogP contribution in [0, 0.1) is 11.3 Å². The highest BCUT2D eigenvalue weighted by Gasteiger charge is 2.12. The molecule has 1 aromatic heterocycles. The SMILES string of the molecule is CCOc1ccccc1Nc1cc(C(=O)Nc2ccccc2C#N)ncn1. The first kappa shape index (κ1) is 17.9. The van der Waals surface area contributed by atoms with E-state index in [1.807, 2.05) is 37.3 Å². The molecular formula is C20H17N5O2. The third kappa shape index (κ3) is 4.38. The fraction of sp³-hybridized carbons (Fsp3) is 0.100. The maximum atomic E-state index is 12.5. The van der Waals surface area contributed by atoms with Crippen LogP contribution in [0.4, 0.5) is 17.2 Å². The van der Waals surface area contributed by atoms with Crippen molar-refractivity contribution in [1.29, 1.82) is 5.26 Å². The van der Waals surface area contributed by atoms with Crippen molar-refractivity contribution in [2.24, 2.45) is 0 Å². The summed E-state index contributed by atoms with van der Waals surface area (Å²) in [5, 5.41) is 15.0. The lowest BCUT2D eigenvalue weighted by Crippen LogP contribution is -2.15. The molecule has 2 N–H and O–H groups in total. The number of para-hydroxylation sites is 3. The quantitative estimate of drug-likeness (QED) is 0.695. The minimum atomic E-state index is -0.429. The number of ether oxygens (including phenoxy) is 1. The van der Waals surface area contributed by atoms with Gasteiger partial charge in [-0.15, -0.1) is 0 Å². The molecule has 0 bridgehead atoms. The molecule has 0 saturated heterocycles. The van der Waals surface area contributed by atoms with Gasteiger partial charge in [0.05, 0.1) is 23.5 Å². The lowest BCUT2D eigenvalue weighted by Gasteiger charge is -2.12. The first-order valence-corrected chi connectivity index (χ1v) is 8.32. The topological polar surface area (TPSA) is 99.9 Å². The van der Waals surface area contributed by atoms with E-state index in [1.165, 1.54) is 12.4 Å². The molecule has 1 heterocycles. The minimum absolute atomic E-state index is 0.175. The lowest BCUT2D eigenvalue weighted by atomic mass is 10.2. The van der Waals surface area contributed by atoms with Crippen LogP contribution in [0.3, 0.4) is 0 Å². The van der Waals surface area contributed by atoms with Gasteiger partial charge in [0, 0.05) is 6.07 Å².